The Kier molecular flexibility index (Phi) is 3.42. The average Bonchev–Trinajstić information content (AvgIpc) is 2.68. The number of hydrogen-bond acceptors (Lipinski definition) is 5. The molecule has 0 radical (unpaired) electrons. The van der Waals surface area contributed by atoms with Crippen molar-refractivity contribution < 1.29 is 9.63 Å². The molecule has 14 heavy (non-hydrogen) atoms. The van der Waals surface area contributed by atoms with Crippen LogP contribution >= 0.6 is 11.8 Å². The fourth-order valence-electron chi connectivity index (χ4n) is 1.59. The molecular weight excluding hydrogens is 200 g/mol. The van der Waals surface area contributed by atoms with Crippen LogP contribution in [0.5, 0.6) is 0 Å². The van der Waals surface area contributed by atoms with Crippen molar-refractivity contribution in [1.29, 1.82) is 0 Å². The van der Waals surface area contributed by atoms with E-state index in [1.54, 1.807) is 0 Å². The van der Waals surface area contributed by atoms with Gasteiger partial charge >= 0.3 is 0 Å². The molecule has 0 aliphatic carbocycles. The van der Waals surface area contributed by atoms with Crippen LogP contribution in [0.15, 0.2) is 4.52 Å². The van der Waals surface area contributed by atoms with Gasteiger partial charge in [-0.1, -0.05) is 5.16 Å². The minimum atomic E-state index is 0.0716. The van der Waals surface area contributed by atoms with Gasteiger partial charge in [-0.15, -0.1) is 0 Å². The largest absolute Gasteiger partial charge is 0.396 e. The average molecular weight is 214 g/mol. The zero-order valence-corrected chi connectivity index (χ0v) is 8.79. The molecule has 1 aromatic rings. The lowest BCUT2D eigenvalue weighted by molar-refractivity contribution is 0.273. The summed E-state index contributed by atoms with van der Waals surface area (Å²) in [6, 6.07) is 0. The van der Waals surface area contributed by atoms with Crippen molar-refractivity contribution in [3.8, 4) is 0 Å². The third-order valence-electron chi connectivity index (χ3n) is 2.40. The van der Waals surface area contributed by atoms with Gasteiger partial charge < -0.3 is 9.63 Å². The fourth-order valence-corrected chi connectivity index (χ4v) is 2.69. The van der Waals surface area contributed by atoms with Crippen molar-refractivity contribution in [3.63, 3.8) is 0 Å². The molecule has 2 rings (SSSR count). The van der Waals surface area contributed by atoms with Gasteiger partial charge in [-0.3, -0.25) is 0 Å². The van der Waals surface area contributed by atoms with Crippen molar-refractivity contribution in [2.24, 2.45) is 0 Å². The summed E-state index contributed by atoms with van der Waals surface area (Å²) in [5.74, 6) is 4.23. The van der Waals surface area contributed by atoms with E-state index in [1.807, 2.05) is 11.8 Å². The van der Waals surface area contributed by atoms with Gasteiger partial charge in [0.1, 0.15) is 0 Å². The molecule has 5 heteroatoms. The van der Waals surface area contributed by atoms with Crippen LogP contribution in [0.4, 0.5) is 0 Å². The van der Waals surface area contributed by atoms with E-state index in [1.165, 1.54) is 11.5 Å². The minimum absolute atomic E-state index is 0.0716. The number of aliphatic hydroxyl groups excluding tert-OH is 1. The maximum absolute atomic E-state index is 8.71. The van der Waals surface area contributed by atoms with E-state index in [0.29, 0.717) is 18.2 Å². The molecule has 0 unspecified atom stereocenters. The van der Waals surface area contributed by atoms with Gasteiger partial charge in [0.25, 0.3) is 0 Å². The number of aromatic nitrogens is 2. The van der Waals surface area contributed by atoms with Crippen LogP contribution in [-0.4, -0.2) is 33.4 Å². The quantitative estimate of drug-likeness (QED) is 0.819. The predicted molar refractivity (Wildman–Crippen MR) is 54.4 cm³/mol. The molecule has 1 aromatic heterocycles. The summed E-state index contributed by atoms with van der Waals surface area (Å²) in [6.45, 7) is 0.0716. The summed E-state index contributed by atoms with van der Waals surface area (Å²) in [5, 5.41) is 12.7. The molecule has 0 spiro atoms. The molecule has 1 fully saturated rings. The SMILES string of the molecule is OCCc1nc(C2CCSCC2)no1. The number of nitrogens with zero attached hydrogens (tertiary/aromatic N) is 2. The van der Waals surface area contributed by atoms with Crippen LogP contribution in [0, 0.1) is 0 Å². The van der Waals surface area contributed by atoms with Crippen molar-refractivity contribution in [3.05, 3.63) is 11.7 Å². The molecule has 1 N–H and O–H groups in total. The van der Waals surface area contributed by atoms with Crippen LogP contribution in [0.1, 0.15) is 30.5 Å². The third-order valence-corrected chi connectivity index (χ3v) is 3.44. The summed E-state index contributed by atoms with van der Waals surface area (Å²) in [5.41, 5.74) is 0. The van der Waals surface area contributed by atoms with Gasteiger partial charge in [0, 0.05) is 5.92 Å². The second-order valence-corrected chi connectivity index (χ2v) is 4.63. The molecule has 0 bridgehead atoms. The topological polar surface area (TPSA) is 59.2 Å². The Balaban J connectivity index is 2.00. The third kappa shape index (κ3) is 2.27. The van der Waals surface area contributed by atoms with Crippen LogP contribution in [0.3, 0.4) is 0 Å². The predicted octanol–water partition coefficient (Wildman–Crippen LogP) is 1.22. The maximum Gasteiger partial charge on any atom is 0.228 e. The molecule has 1 saturated heterocycles. The maximum atomic E-state index is 8.71. The number of thioether (sulfide) groups is 1. The number of aliphatic hydroxyl groups is 1. The van der Waals surface area contributed by atoms with E-state index >= 15 is 0 Å². The molecule has 0 atom stereocenters. The van der Waals surface area contributed by atoms with Gasteiger partial charge in [-0.05, 0) is 24.3 Å². The van der Waals surface area contributed by atoms with Gasteiger partial charge in [0.05, 0.1) is 13.0 Å². The van der Waals surface area contributed by atoms with Crippen molar-refractivity contribution >= 4 is 11.8 Å². The Morgan fingerprint density at radius 3 is 2.93 bits per heavy atom. The second-order valence-electron chi connectivity index (χ2n) is 3.41. The first kappa shape index (κ1) is 9.98. The highest BCUT2D eigenvalue weighted by molar-refractivity contribution is 7.99. The van der Waals surface area contributed by atoms with Gasteiger partial charge in [0.15, 0.2) is 5.82 Å². The highest BCUT2D eigenvalue weighted by Gasteiger charge is 2.20. The summed E-state index contributed by atoms with van der Waals surface area (Å²) >= 11 is 1.98. The molecule has 0 amide bonds. The molecule has 2 heterocycles. The van der Waals surface area contributed by atoms with Gasteiger partial charge in [-0.2, -0.15) is 16.7 Å². The summed E-state index contributed by atoms with van der Waals surface area (Å²) in [6.07, 6.45) is 2.75. The molecule has 4 nitrogen and oxygen atoms in total. The van der Waals surface area contributed by atoms with Crippen molar-refractivity contribution in [2.45, 2.75) is 25.2 Å². The first-order chi connectivity index (χ1) is 6.90. The smallest absolute Gasteiger partial charge is 0.228 e. The second kappa shape index (κ2) is 4.79. The molecule has 0 aromatic carbocycles. The Bertz CT molecular complexity index is 284. The van der Waals surface area contributed by atoms with E-state index in [0.717, 1.165) is 18.7 Å². The van der Waals surface area contributed by atoms with E-state index < -0.39 is 0 Å². The van der Waals surface area contributed by atoms with E-state index in [-0.39, 0.29) is 6.61 Å². The highest BCUT2D eigenvalue weighted by Crippen LogP contribution is 2.29. The first-order valence-corrected chi connectivity index (χ1v) is 6.06. The summed E-state index contributed by atoms with van der Waals surface area (Å²) in [7, 11) is 0. The Morgan fingerprint density at radius 1 is 1.43 bits per heavy atom. The van der Waals surface area contributed by atoms with Gasteiger partial charge in [-0.25, -0.2) is 0 Å². The lowest BCUT2D eigenvalue weighted by Crippen LogP contribution is -2.09. The number of hydrogen-bond donors (Lipinski definition) is 1. The van der Waals surface area contributed by atoms with Crippen LogP contribution in [0.25, 0.3) is 0 Å². The Labute approximate surface area is 87.1 Å². The summed E-state index contributed by atoms with van der Waals surface area (Å²) < 4.78 is 5.03. The molecule has 0 saturated carbocycles. The summed E-state index contributed by atoms with van der Waals surface area (Å²) in [4.78, 5) is 4.28. The lowest BCUT2D eigenvalue weighted by Gasteiger charge is -2.17. The van der Waals surface area contributed by atoms with Crippen molar-refractivity contribution in [2.75, 3.05) is 18.1 Å². The molecule has 1 aliphatic heterocycles. The zero-order valence-electron chi connectivity index (χ0n) is 7.98. The van der Waals surface area contributed by atoms with E-state index in [4.69, 9.17) is 9.63 Å². The van der Waals surface area contributed by atoms with Crippen LogP contribution < -0.4 is 0 Å². The molecule has 78 valence electrons. The lowest BCUT2D eigenvalue weighted by atomic mass is 10.0. The highest BCUT2D eigenvalue weighted by atomic mass is 32.2. The fraction of sp³-hybridized carbons (Fsp3) is 0.778. The molecule has 1 aliphatic rings. The minimum Gasteiger partial charge on any atom is -0.396 e. The van der Waals surface area contributed by atoms with Crippen molar-refractivity contribution in [1.82, 2.24) is 10.1 Å². The first-order valence-electron chi connectivity index (χ1n) is 4.91. The van der Waals surface area contributed by atoms with E-state index in [9.17, 15) is 0 Å². The number of rotatable bonds is 3. The normalized spacial score (nSPS) is 18.6. The van der Waals surface area contributed by atoms with Crippen LogP contribution in [-0.2, 0) is 6.42 Å². The monoisotopic (exact) mass is 214 g/mol. The van der Waals surface area contributed by atoms with Gasteiger partial charge in [0.2, 0.25) is 5.89 Å². The molecular formula is C9H14N2O2S. The standard InChI is InChI=1S/C9H14N2O2S/c12-4-1-8-10-9(11-13-8)7-2-5-14-6-3-7/h7,12H,1-6H2. The van der Waals surface area contributed by atoms with Crippen LogP contribution in [0.2, 0.25) is 0 Å². The zero-order chi connectivity index (χ0) is 9.80. The Morgan fingerprint density at radius 2 is 2.21 bits per heavy atom. The van der Waals surface area contributed by atoms with E-state index in [2.05, 4.69) is 10.1 Å². The Hall–Kier alpha value is -0.550.